The number of nitrogens with one attached hydrogen (secondary N) is 3. The molecule has 0 atom stereocenters. The lowest BCUT2D eigenvalue weighted by molar-refractivity contribution is -0.114. The van der Waals surface area contributed by atoms with Gasteiger partial charge >= 0.3 is 0 Å². The summed E-state index contributed by atoms with van der Waals surface area (Å²) in [5.74, 6) is 0.483. The second-order valence-electron chi connectivity index (χ2n) is 6.66. The number of amides is 1. The van der Waals surface area contributed by atoms with Gasteiger partial charge in [-0.05, 0) is 50.3 Å². The Balaban J connectivity index is 1.63. The van der Waals surface area contributed by atoms with E-state index in [4.69, 9.17) is 9.47 Å². The Hall–Kier alpha value is -2.19. The van der Waals surface area contributed by atoms with E-state index in [1.807, 2.05) is 6.92 Å². The molecule has 0 aromatic heterocycles. The molecule has 3 N–H and O–H groups in total. The summed E-state index contributed by atoms with van der Waals surface area (Å²) < 4.78 is 24.2. The Bertz CT molecular complexity index is 621. The van der Waals surface area contributed by atoms with Crippen molar-refractivity contribution < 1.29 is 18.7 Å². The van der Waals surface area contributed by atoms with Crippen molar-refractivity contribution in [3.05, 3.63) is 30.1 Å². The molecule has 0 spiro atoms. The van der Waals surface area contributed by atoms with Gasteiger partial charge in [-0.25, -0.2) is 9.38 Å². The van der Waals surface area contributed by atoms with E-state index in [1.165, 1.54) is 12.1 Å². The minimum atomic E-state index is -0.393. The molecule has 1 saturated heterocycles. The molecule has 2 rings (SSSR count). The van der Waals surface area contributed by atoms with Gasteiger partial charge in [0.05, 0.1) is 0 Å². The van der Waals surface area contributed by atoms with Gasteiger partial charge in [-0.1, -0.05) is 6.07 Å². The van der Waals surface area contributed by atoms with Gasteiger partial charge in [0.2, 0.25) is 5.91 Å². The van der Waals surface area contributed by atoms with Crippen molar-refractivity contribution >= 4 is 17.6 Å². The van der Waals surface area contributed by atoms with E-state index in [9.17, 15) is 9.18 Å². The fourth-order valence-electron chi connectivity index (χ4n) is 2.80. The van der Waals surface area contributed by atoms with Crippen LogP contribution in [0.5, 0.6) is 0 Å². The highest BCUT2D eigenvalue weighted by atomic mass is 19.1. The number of hydrogen-bond acceptors (Lipinski definition) is 4. The topological polar surface area (TPSA) is 84.0 Å². The minimum absolute atomic E-state index is 0.0495. The quantitative estimate of drug-likeness (QED) is 0.322. The molecule has 28 heavy (non-hydrogen) atoms. The molecule has 1 heterocycles. The van der Waals surface area contributed by atoms with E-state index < -0.39 is 5.82 Å². The number of anilines is 1. The average molecular weight is 394 g/mol. The number of aliphatic imine (C=N–C) groups is 1. The summed E-state index contributed by atoms with van der Waals surface area (Å²) in [6, 6.07) is 5.78. The minimum Gasteiger partial charge on any atom is -0.381 e. The fraction of sp³-hybridized carbons (Fsp3) is 0.600. The lowest BCUT2D eigenvalue weighted by Gasteiger charge is -2.21. The van der Waals surface area contributed by atoms with Crippen molar-refractivity contribution in [2.75, 3.05) is 51.4 Å². The molecular weight excluding hydrogens is 363 g/mol. The maximum atomic E-state index is 13.2. The van der Waals surface area contributed by atoms with Gasteiger partial charge in [0, 0.05) is 45.2 Å². The normalized spacial score (nSPS) is 15.3. The first-order chi connectivity index (χ1) is 13.7. The van der Waals surface area contributed by atoms with Crippen molar-refractivity contribution in [3.8, 4) is 0 Å². The molecule has 0 aliphatic carbocycles. The first kappa shape index (κ1) is 22.1. The van der Waals surface area contributed by atoms with E-state index in [1.54, 1.807) is 12.1 Å². The van der Waals surface area contributed by atoms with Crippen LogP contribution in [0.3, 0.4) is 0 Å². The second-order valence-corrected chi connectivity index (χ2v) is 6.66. The van der Waals surface area contributed by atoms with Gasteiger partial charge in [0.1, 0.15) is 12.4 Å². The van der Waals surface area contributed by atoms with Crippen LogP contribution in [0.25, 0.3) is 0 Å². The summed E-state index contributed by atoms with van der Waals surface area (Å²) in [6.45, 7) is 6.45. The lowest BCUT2D eigenvalue weighted by Crippen LogP contribution is -2.38. The van der Waals surface area contributed by atoms with E-state index in [0.717, 1.165) is 39.1 Å². The highest BCUT2D eigenvalue weighted by Gasteiger charge is 2.13. The zero-order valence-corrected chi connectivity index (χ0v) is 16.5. The number of halogens is 1. The van der Waals surface area contributed by atoms with Gasteiger partial charge in [-0.3, -0.25) is 4.79 Å². The van der Waals surface area contributed by atoms with Crippen LogP contribution in [0.4, 0.5) is 10.1 Å². The van der Waals surface area contributed by atoms with Gasteiger partial charge in [0.25, 0.3) is 0 Å². The van der Waals surface area contributed by atoms with Gasteiger partial charge in [0.15, 0.2) is 5.96 Å². The van der Waals surface area contributed by atoms with E-state index in [-0.39, 0.29) is 12.5 Å². The van der Waals surface area contributed by atoms with Crippen LogP contribution in [0.15, 0.2) is 29.3 Å². The van der Waals surface area contributed by atoms with Crippen molar-refractivity contribution in [2.24, 2.45) is 10.9 Å². The van der Waals surface area contributed by atoms with Crippen molar-refractivity contribution in [3.63, 3.8) is 0 Å². The molecule has 1 aliphatic heterocycles. The van der Waals surface area contributed by atoms with Crippen molar-refractivity contribution in [1.82, 2.24) is 10.6 Å². The van der Waals surface area contributed by atoms with Crippen LogP contribution < -0.4 is 16.0 Å². The summed E-state index contributed by atoms with van der Waals surface area (Å²) in [6.07, 6.45) is 3.00. The van der Waals surface area contributed by atoms with Gasteiger partial charge < -0.3 is 25.4 Å². The molecule has 1 aromatic carbocycles. The van der Waals surface area contributed by atoms with Crippen LogP contribution in [-0.2, 0) is 14.3 Å². The maximum Gasteiger partial charge on any atom is 0.246 e. The number of ether oxygens (including phenoxy) is 2. The monoisotopic (exact) mass is 394 g/mol. The number of carbonyl (C=O) groups excluding carboxylic acids is 1. The first-order valence-electron chi connectivity index (χ1n) is 9.90. The number of carbonyl (C=O) groups is 1. The Morgan fingerprint density at radius 3 is 2.89 bits per heavy atom. The summed E-state index contributed by atoms with van der Waals surface area (Å²) in [5, 5.41) is 8.91. The molecule has 1 amide bonds. The van der Waals surface area contributed by atoms with E-state index >= 15 is 0 Å². The highest BCUT2D eigenvalue weighted by Crippen LogP contribution is 2.14. The molecule has 0 unspecified atom stereocenters. The van der Waals surface area contributed by atoms with Crippen LogP contribution in [0.1, 0.15) is 26.2 Å². The average Bonchev–Trinajstić information content (AvgIpc) is 2.69. The predicted molar refractivity (Wildman–Crippen MR) is 108 cm³/mol. The molecule has 8 heteroatoms. The Kier molecular flexibility index (Phi) is 10.3. The Morgan fingerprint density at radius 2 is 2.14 bits per heavy atom. The summed E-state index contributed by atoms with van der Waals surface area (Å²) in [4.78, 5) is 16.2. The molecule has 0 radical (unpaired) electrons. The summed E-state index contributed by atoms with van der Waals surface area (Å²) in [5.41, 5.74) is 0.417. The molecular formula is C20H31FN4O3. The smallest absolute Gasteiger partial charge is 0.246 e. The third-order valence-electron chi connectivity index (χ3n) is 4.29. The van der Waals surface area contributed by atoms with Gasteiger partial charge in [-0.15, -0.1) is 0 Å². The number of nitrogens with zero attached hydrogens (tertiary/aromatic N) is 1. The zero-order valence-electron chi connectivity index (χ0n) is 16.5. The first-order valence-corrected chi connectivity index (χ1v) is 9.90. The molecule has 0 bridgehead atoms. The summed E-state index contributed by atoms with van der Waals surface area (Å²) in [7, 11) is 0. The van der Waals surface area contributed by atoms with Crippen LogP contribution >= 0.6 is 0 Å². The predicted octanol–water partition coefficient (Wildman–Crippen LogP) is 2.15. The Labute approximate surface area is 166 Å². The maximum absolute atomic E-state index is 13.2. The number of benzene rings is 1. The number of rotatable bonds is 10. The van der Waals surface area contributed by atoms with E-state index in [0.29, 0.717) is 37.3 Å². The summed E-state index contributed by atoms with van der Waals surface area (Å²) >= 11 is 0. The largest absolute Gasteiger partial charge is 0.381 e. The Morgan fingerprint density at radius 1 is 1.32 bits per heavy atom. The third-order valence-corrected chi connectivity index (χ3v) is 4.29. The van der Waals surface area contributed by atoms with Gasteiger partial charge in [-0.2, -0.15) is 0 Å². The molecule has 156 valence electrons. The van der Waals surface area contributed by atoms with Crippen molar-refractivity contribution in [2.45, 2.75) is 26.2 Å². The lowest BCUT2D eigenvalue weighted by atomic mass is 10.0. The third kappa shape index (κ3) is 9.14. The molecule has 1 fully saturated rings. The molecule has 7 nitrogen and oxygen atoms in total. The fourth-order valence-corrected chi connectivity index (χ4v) is 2.80. The van der Waals surface area contributed by atoms with Crippen molar-refractivity contribution in [1.29, 1.82) is 0 Å². The standard InChI is InChI=1S/C20H31FN4O3/c1-2-22-20(23-9-4-10-28-15-16-7-11-27-12-8-16)24-14-19(26)25-18-6-3-5-17(21)13-18/h3,5-6,13,16H,2,4,7-12,14-15H2,1H3,(H,25,26)(H2,22,23,24). The highest BCUT2D eigenvalue weighted by molar-refractivity contribution is 5.94. The number of guanidine groups is 1. The number of hydrogen-bond donors (Lipinski definition) is 3. The molecule has 0 saturated carbocycles. The molecule has 1 aromatic rings. The van der Waals surface area contributed by atoms with Crippen LogP contribution in [0, 0.1) is 11.7 Å². The van der Waals surface area contributed by atoms with Crippen LogP contribution in [0.2, 0.25) is 0 Å². The second kappa shape index (κ2) is 13.1. The molecule has 1 aliphatic rings. The SMILES string of the molecule is CCNC(=NCC(=O)Nc1cccc(F)c1)NCCCOCC1CCOCC1. The van der Waals surface area contributed by atoms with Crippen LogP contribution in [-0.4, -0.2) is 57.9 Å². The van der Waals surface area contributed by atoms with E-state index in [2.05, 4.69) is 20.9 Å². The zero-order chi connectivity index (χ0) is 20.0.